The highest BCUT2D eigenvalue weighted by atomic mass is 19.2. The van der Waals surface area contributed by atoms with Crippen molar-refractivity contribution in [2.24, 2.45) is 0 Å². The molecule has 100 valence electrons. The van der Waals surface area contributed by atoms with Crippen LogP contribution in [0.15, 0.2) is 18.2 Å². The van der Waals surface area contributed by atoms with Crippen molar-refractivity contribution in [2.45, 2.75) is 13.8 Å². The maximum absolute atomic E-state index is 13.4. The molecule has 0 amide bonds. The number of pyridine rings is 1. The largest absolute Gasteiger partial charge is 0.451 e. The smallest absolute Gasteiger partial charge is 0.255 e. The molecule has 0 bridgehead atoms. The van der Waals surface area contributed by atoms with Crippen LogP contribution in [-0.4, -0.2) is 4.98 Å². The first-order valence-corrected chi connectivity index (χ1v) is 5.35. The van der Waals surface area contributed by atoms with Crippen LogP contribution in [0.2, 0.25) is 0 Å². The van der Waals surface area contributed by atoms with Gasteiger partial charge in [0.05, 0.1) is 0 Å². The second kappa shape index (κ2) is 4.87. The van der Waals surface area contributed by atoms with Gasteiger partial charge in [-0.3, -0.25) is 0 Å². The van der Waals surface area contributed by atoms with E-state index < -0.39 is 29.3 Å². The number of aromatic nitrogens is 1. The summed E-state index contributed by atoms with van der Waals surface area (Å²) in [7, 11) is 0. The number of hydrogen-bond donors (Lipinski definition) is 0. The molecule has 0 spiro atoms. The molecule has 0 aliphatic heterocycles. The summed E-state index contributed by atoms with van der Waals surface area (Å²) in [5.41, 5.74) is 1.49. The lowest BCUT2D eigenvalue weighted by molar-refractivity contribution is 0.342. The van der Waals surface area contributed by atoms with Gasteiger partial charge in [0.1, 0.15) is 5.75 Å². The van der Waals surface area contributed by atoms with Crippen molar-refractivity contribution in [1.29, 1.82) is 0 Å². The fraction of sp³-hybridized carbons (Fsp3) is 0.154. The maximum Gasteiger partial charge on any atom is 0.255 e. The summed E-state index contributed by atoms with van der Waals surface area (Å²) in [6, 6.07) is 4.81. The zero-order chi connectivity index (χ0) is 14.2. The number of ether oxygens (including phenoxy) is 1. The van der Waals surface area contributed by atoms with Gasteiger partial charge in [-0.2, -0.15) is 22.5 Å². The molecule has 1 aromatic carbocycles. The average Bonchev–Trinajstić information content (AvgIpc) is 2.34. The Labute approximate surface area is 106 Å². The molecule has 0 atom stereocenters. The van der Waals surface area contributed by atoms with E-state index in [-0.39, 0.29) is 5.75 Å². The fourth-order valence-electron chi connectivity index (χ4n) is 1.58. The normalized spacial score (nSPS) is 10.6. The second-order valence-electron chi connectivity index (χ2n) is 4.02. The third kappa shape index (κ3) is 2.52. The molecule has 0 aliphatic carbocycles. The highest BCUT2D eigenvalue weighted by molar-refractivity contribution is 5.39. The lowest BCUT2D eigenvalue weighted by Crippen LogP contribution is -2.03. The summed E-state index contributed by atoms with van der Waals surface area (Å²) in [6.45, 7) is 3.47. The number of nitrogens with zero attached hydrogens (tertiary/aromatic N) is 1. The molecule has 1 heterocycles. The Morgan fingerprint density at radius 2 is 1.53 bits per heavy atom. The number of aryl methyl sites for hydroxylation is 2. The van der Waals surface area contributed by atoms with Gasteiger partial charge in [0.2, 0.25) is 17.4 Å². The Balaban J connectivity index is 2.49. The van der Waals surface area contributed by atoms with E-state index in [1.807, 2.05) is 6.92 Å². The van der Waals surface area contributed by atoms with E-state index in [1.165, 1.54) is 6.07 Å². The summed E-state index contributed by atoms with van der Waals surface area (Å²) in [5.74, 6) is -7.87. The highest BCUT2D eigenvalue weighted by Gasteiger charge is 2.23. The van der Waals surface area contributed by atoms with E-state index >= 15 is 0 Å². The van der Waals surface area contributed by atoms with Crippen molar-refractivity contribution in [3.63, 3.8) is 0 Å². The van der Waals surface area contributed by atoms with Crippen molar-refractivity contribution in [2.75, 3.05) is 0 Å². The minimum atomic E-state index is -1.75. The first kappa shape index (κ1) is 13.3. The van der Waals surface area contributed by atoms with Gasteiger partial charge in [-0.1, -0.05) is 17.7 Å². The molecule has 2 nitrogen and oxygen atoms in total. The average molecular weight is 271 g/mol. The van der Waals surface area contributed by atoms with E-state index in [1.54, 1.807) is 19.1 Å². The van der Waals surface area contributed by atoms with Crippen LogP contribution in [0.1, 0.15) is 11.1 Å². The van der Waals surface area contributed by atoms with Crippen LogP contribution in [0.25, 0.3) is 0 Å². The SMILES string of the molecule is Cc1ccc(Oc2c(F)c(F)nc(F)c2F)c(C)c1. The molecule has 0 N–H and O–H groups in total. The third-order valence-corrected chi connectivity index (χ3v) is 2.50. The second-order valence-corrected chi connectivity index (χ2v) is 4.02. The summed E-state index contributed by atoms with van der Waals surface area (Å²) in [4.78, 5) is 2.45. The zero-order valence-corrected chi connectivity index (χ0v) is 10.1. The van der Waals surface area contributed by atoms with Crippen molar-refractivity contribution in [1.82, 2.24) is 4.98 Å². The molecule has 0 radical (unpaired) electrons. The number of halogens is 4. The lowest BCUT2D eigenvalue weighted by Gasteiger charge is -2.11. The van der Waals surface area contributed by atoms with Crippen LogP contribution < -0.4 is 4.74 Å². The quantitative estimate of drug-likeness (QED) is 0.607. The molecular weight excluding hydrogens is 262 g/mol. The Kier molecular flexibility index (Phi) is 3.42. The summed E-state index contributed by atoms with van der Waals surface area (Å²) >= 11 is 0. The van der Waals surface area contributed by atoms with E-state index in [0.717, 1.165) is 5.56 Å². The molecule has 0 saturated carbocycles. The van der Waals surface area contributed by atoms with Crippen LogP contribution >= 0.6 is 0 Å². The molecule has 1 aromatic heterocycles. The summed E-state index contributed by atoms with van der Waals surface area (Å²) in [6.07, 6.45) is 0. The third-order valence-electron chi connectivity index (χ3n) is 2.50. The van der Waals surface area contributed by atoms with E-state index in [4.69, 9.17) is 4.74 Å². The van der Waals surface area contributed by atoms with Gasteiger partial charge in [0.15, 0.2) is 0 Å². The molecule has 0 saturated heterocycles. The zero-order valence-electron chi connectivity index (χ0n) is 10.1. The van der Waals surface area contributed by atoms with Gasteiger partial charge in [-0.05, 0) is 25.5 Å². The monoisotopic (exact) mass is 271 g/mol. The first-order chi connectivity index (χ1) is 8.90. The van der Waals surface area contributed by atoms with Crippen molar-refractivity contribution >= 4 is 0 Å². The molecule has 0 aliphatic rings. The van der Waals surface area contributed by atoms with Crippen LogP contribution in [0, 0.1) is 37.4 Å². The Bertz CT molecular complexity index is 617. The van der Waals surface area contributed by atoms with Gasteiger partial charge < -0.3 is 4.74 Å². The van der Waals surface area contributed by atoms with Gasteiger partial charge in [-0.25, -0.2) is 0 Å². The molecular formula is C13H9F4NO. The van der Waals surface area contributed by atoms with Crippen molar-refractivity contribution in [3.8, 4) is 11.5 Å². The number of hydrogen-bond acceptors (Lipinski definition) is 2. The van der Waals surface area contributed by atoms with E-state index in [9.17, 15) is 17.6 Å². The predicted molar refractivity (Wildman–Crippen MR) is 60.1 cm³/mol. The van der Waals surface area contributed by atoms with Crippen LogP contribution in [0.3, 0.4) is 0 Å². The Hall–Kier alpha value is -2.11. The lowest BCUT2D eigenvalue weighted by atomic mass is 10.1. The number of benzene rings is 1. The van der Waals surface area contributed by atoms with Gasteiger partial charge in [0.25, 0.3) is 11.9 Å². The van der Waals surface area contributed by atoms with E-state index in [0.29, 0.717) is 5.56 Å². The van der Waals surface area contributed by atoms with E-state index in [2.05, 4.69) is 4.98 Å². The Morgan fingerprint density at radius 3 is 2.05 bits per heavy atom. The first-order valence-electron chi connectivity index (χ1n) is 5.35. The fourth-order valence-corrected chi connectivity index (χ4v) is 1.58. The molecule has 0 fully saturated rings. The molecule has 2 aromatic rings. The molecule has 6 heteroatoms. The van der Waals surface area contributed by atoms with Crippen molar-refractivity contribution in [3.05, 3.63) is 52.9 Å². The van der Waals surface area contributed by atoms with Crippen molar-refractivity contribution < 1.29 is 22.3 Å². The van der Waals surface area contributed by atoms with Gasteiger partial charge in [0, 0.05) is 0 Å². The van der Waals surface area contributed by atoms with Crippen LogP contribution in [0.5, 0.6) is 11.5 Å². The minimum Gasteiger partial charge on any atom is -0.451 e. The summed E-state index contributed by atoms with van der Waals surface area (Å²) in [5, 5.41) is 0. The Morgan fingerprint density at radius 1 is 0.947 bits per heavy atom. The van der Waals surface area contributed by atoms with Crippen LogP contribution in [0.4, 0.5) is 17.6 Å². The van der Waals surface area contributed by atoms with Crippen LogP contribution in [-0.2, 0) is 0 Å². The molecule has 2 rings (SSSR count). The molecule has 0 unspecified atom stereocenters. The standard InChI is InChI=1S/C13H9F4NO/c1-6-3-4-8(7(2)5-6)19-11-9(14)12(16)18-13(17)10(11)15/h3-5H,1-2H3. The highest BCUT2D eigenvalue weighted by Crippen LogP contribution is 2.31. The minimum absolute atomic E-state index is 0.105. The molecule has 19 heavy (non-hydrogen) atoms. The van der Waals surface area contributed by atoms with Gasteiger partial charge >= 0.3 is 0 Å². The number of rotatable bonds is 2. The topological polar surface area (TPSA) is 22.1 Å². The summed E-state index contributed by atoms with van der Waals surface area (Å²) < 4.78 is 57.5. The van der Waals surface area contributed by atoms with Gasteiger partial charge in [-0.15, -0.1) is 0 Å². The maximum atomic E-state index is 13.4. The predicted octanol–water partition coefficient (Wildman–Crippen LogP) is 4.05.